The predicted octanol–water partition coefficient (Wildman–Crippen LogP) is 17.4. The third kappa shape index (κ3) is 6.28. The topological polar surface area (TPSA) is 48.5 Å². The molecule has 0 amide bonds. The maximum absolute atomic E-state index is 5.51. The summed E-state index contributed by atoms with van der Waals surface area (Å²) in [5.74, 6) is 1.83. The van der Waals surface area contributed by atoms with Crippen LogP contribution in [-0.2, 0) is 0 Å². The van der Waals surface area contributed by atoms with Gasteiger partial charge in [-0.2, -0.15) is 0 Å². The van der Waals surface area contributed by atoms with Crippen LogP contribution >= 0.6 is 11.3 Å². The molecule has 15 aromatic rings. The number of aromatic nitrogens is 5. The van der Waals surface area contributed by atoms with Gasteiger partial charge in [-0.15, -0.1) is 11.3 Å². The molecular weight excluding hydrogens is 883 g/mol. The molecule has 0 spiro atoms. The molecule has 0 bridgehead atoms. The summed E-state index contributed by atoms with van der Waals surface area (Å²) in [5, 5.41) is 12.2. The fourth-order valence-electron chi connectivity index (χ4n) is 11.1. The van der Waals surface area contributed by atoms with Crippen molar-refractivity contribution < 1.29 is 0 Å². The molecule has 0 radical (unpaired) electrons. The van der Waals surface area contributed by atoms with E-state index in [1.165, 1.54) is 63.3 Å². The Hall–Kier alpha value is -9.23. The van der Waals surface area contributed by atoms with E-state index in [9.17, 15) is 0 Å². The summed E-state index contributed by atoms with van der Waals surface area (Å²) in [6.45, 7) is 0. The third-order valence-corrected chi connectivity index (χ3v) is 15.4. The number of para-hydroxylation sites is 3. The molecule has 0 saturated carbocycles. The van der Waals surface area contributed by atoms with Gasteiger partial charge in [0.25, 0.3) is 0 Å². The van der Waals surface area contributed by atoms with Crippen molar-refractivity contribution in [2.75, 3.05) is 0 Å². The molecule has 15 rings (SSSR count). The third-order valence-electron chi connectivity index (χ3n) is 14.3. The van der Waals surface area contributed by atoms with E-state index in [0.717, 1.165) is 61.3 Å². The average molecular weight is 922 g/mol. The van der Waals surface area contributed by atoms with Crippen LogP contribution in [-0.4, -0.2) is 24.1 Å². The Morgan fingerprint density at radius 2 is 0.845 bits per heavy atom. The lowest BCUT2D eigenvalue weighted by molar-refractivity contribution is 1.07. The van der Waals surface area contributed by atoms with Crippen LogP contribution in [0.1, 0.15) is 0 Å². The second-order valence-electron chi connectivity index (χ2n) is 18.4. The predicted molar refractivity (Wildman–Crippen MR) is 298 cm³/mol. The molecule has 0 unspecified atom stereocenters. The smallest absolute Gasteiger partial charge is 0.164 e. The number of fused-ring (bicyclic) bond motifs is 11. The molecule has 5 nitrogen and oxygen atoms in total. The molecule has 330 valence electrons. The molecule has 0 fully saturated rings. The van der Waals surface area contributed by atoms with E-state index in [2.05, 4.69) is 228 Å². The lowest BCUT2D eigenvalue weighted by atomic mass is 9.93. The molecular formula is C65H39N5S. The molecule has 0 aliphatic heterocycles. The Morgan fingerprint density at radius 3 is 1.59 bits per heavy atom. The van der Waals surface area contributed by atoms with Gasteiger partial charge in [-0.05, 0) is 112 Å². The molecule has 0 N–H and O–H groups in total. The van der Waals surface area contributed by atoms with Gasteiger partial charge in [0.05, 0.1) is 22.1 Å². The van der Waals surface area contributed by atoms with Crippen molar-refractivity contribution in [1.82, 2.24) is 24.1 Å². The van der Waals surface area contributed by atoms with Crippen LogP contribution in [0.5, 0.6) is 0 Å². The number of rotatable bonds is 6. The summed E-state index contributed by atoms with van der Waals surface area (Å²) in [7, 11) is 0. The standard InChI is InChI=1S/C65H39N5S/c1-3-16-40(17-4-1)63-66-64(45-30-32-50-48-24-11-13-27-56(48)69(58(50)37-45)46-22-5-2-6-23-46)68-65(67-63)52-33-31-47(70-57-28-14-12-25-49(57)54-34-41-18-7-9-20-43(41)36-59(54)70)39-53(52)51-26-15-29-60-62(51)55-35-42-19-8-10-21-44(42)38-61(55)71-60/h1-39H. The lowest BCUT2D eigenvalue weighted by Gasteiger charge is -2.16. The highest BCUT2D eigenvalue weighted by molar-refractivity contribution is 7.26. The first-order valence-electron chi connectivity index (χ1n) is 24.0. The first kappa shape index (κ1) is 39.7. The van der Waals surface area contributed by atoms with Crippen molar-refractivity contribution >= 4 is 96.7 Å². The van der Waals surface area contributed by atoms with Crippen LogP contribution in [0.25, 0.3) is 142 Å². The molecule has 11 aromatic carbocycles. The summed E-state index contributed by atoms with van der Waals surface area (Å²) in [6.07, 6.45) is 0. The van der Waals surface area contributed by atoms with Crippen LogP contribution in [0.3, 0.4) is 0 Å². The van der Waals surface area contributed by atoms with Crippen molar-refractivity contribution in [1.29, 1.82) is 0 Å². The Bertz CT molecular complexity index is 4640. The Labute approximate surface area is 411 Å². The zero-order valence-corrected chi connectivity index (χ0v) is 39.0. The van der Waals surface area contributed by atoms with Gasteiger partial charge in [-0.25, -0.2) is 15.0 Å². The summed E-state index contributed by atoms with van der Waals surface area (Å²) < 4.78 is 7.27. The molecule has 71 heavy (non-hydrogen) atoms. The molecule has 0 aliphatic carbocycles. The normalized spacial score (nSPS) is 11.9. The Balaban J connectivity index is 1.02. The molecule has 6 heteroatoms. The van der Waals surface area contributed by atoms with Gasteiger partial charge in [-0.3, -0.25) is 0 Å². The monoisotopic (exact) mass is 921 g/mol. The van der Waals surface area contributed by atoms with Crippen LogP contribution in [0, 0.1) is 0 Å². The zero-order chi connectivity index (χ0) is 46.6. The number of thiophene rings is 1. The number of benzene rings is 11. The molecule has 0 saturated heterocycles. The first-order chi connectivity index (χ1) is 35.2. The van der Waals surface area contributed by atoms with Gasteiger partial charge in [0.1, 0.15) is 0 Å². The second-order valence-corrected chi connectivity index (χ2v) is 19.5. The highest BCUT2D eigenvalue weighted by Gasteiger charge is 2.23. The minimum absolute atomic E-state index is 0.606. The van der Waals surface area contributed by atoms with Gasteiger partial charge in [-0.1, -0.05) is 158 Å². The summed E-state index contributed by atoms with van der Waals surface area (Å²) in [6, 6.07) is 85.2. The molecule has 0 atom stereocenters. The van der Waals surface area contributed by atoms with Crippen molar-refractivity contribution in [3.05, 3.63) is 237 Å². The van der Waals surface area contributed by atoms with Crippen molar-refractivity contribution in [2.45, 2.75) is 0 Å². The van der Waals surface area contributed by atoms with E-state index >= 15 is 0 Å². The number of hydrogen-bond acceptors (Lipinski definition) is 4. The van der Waals surface area contributed by atoms with E-state index in [4.69, 9.17) is 15.0 Å². The zero-order valence-electron chi connectivity index (χ0n) is 38.2. The summed E-state index contributed by atoms with van der Waals surface area (Å²) in [4.78, 5) is 16.2. The van der Waals surface area contributed by atoms with E-state index in [0.29, 0.717) is 17.5 Å². The fraction of sp³-hybridized carbons (Fsp3) is 0. The maximum atomic E-state index is 5.51. The van der Waals surface area contributed by atoms with E-state index in [-0.39, 0.29) is 0 Å². The van der Waals surface area contributed by atoms with Gasteiger partial charge < -0.3 is 9.13 Å². The number of hydrogen-bond donors (Lipinski definition) is 0. The largest absolute Gasteiger partial charge is 0.309 e. The number of nitrogens with zero attached hydrogens (tertiary/aromatic N) is 5. The van der Waals surface area contributed by atoms with Gasteiger partial charge in [0.15, 0.2) is 17.5 Å². The van der Waals surface area contributed by atoms with E-state index in [1.807, 2.05) is 29.5 Å². The fourth-order valence-corrected chi connectivity index (χ4v) is 12.2. The van der Waals surface area contributed by atoms with Crippen LogP contribution in [0.2, 0.25) is 0 Å². The van der Waals surface area contributed by atoms with Crippen LogP contribution in [0.15, 0.2) is 237 Å². The molecule has 4 heterocycles. The van der Waals surface area contributed by atoms with Crippen LogP contribution < -0.4 is 0 Å². The average Bonchev–Trinajstić information content (AvgIpc) is 4.08. The first-order valence-corrected chi connectivity index (χ1v) is 24.8. The van der Waals surface area contributed by atoms with Crippen molar-refractivity contribution in [3.63, 3.8) is 0 Å². The van der Waals surface area contributed by atoms with E-state index < -0.39 is 0 Å². The maximum Gasteiger partial charge on any atom is 0.164 e. The minimum Gasteiger partial charge on any atom is -0.309 e. The highest BCUT2D eigenvalue weighted by atomic mass is 32.1. The van der Waals surface area contributed by atoms with Gasteiger partial charge in [0, 0.05) is 69.8 Å². The molecule has 0 aliphatic rings. The second kappa shape index (κ2) is 15.7. The lowest BCUT2D eigenvalue weighted by Crippen LogP contribution is -2.02. The SMILES string of the molecule is c1ccc(-c2nc(-c3ccc4c5ccccc5n(-c5ccccc5)c4c3)nc(-c3ccc(-n4c5ccccc5c5cc6ccccc6cc54)cc3-c3cccc4sc5cc6ccccc6cc5c34)n2)cc1. The van der Waals surface area contributed by atoms with Crippen molar-refractivity contribution in [3.8, 4) is 56.7 Å². The van der Waals surface area contributed by atoms with Gasteiger partial charge >= 0.3 is 0 Å². The Morgan fingerprint density at radius 1 is 0.282 bits per heavy atom. The Kier molecular flexibility index (Phi) is 8.76. The quantitative estimate of drug-likeness (QED) is 0.167. The summed E-state index contributed by atoms with van der Waals surface area (Å²) >= 11 is 1.85. The van der Waals surface area contributed by atoms with Crippen LogP contribution in [0.4, 0.5) is 0 Å². The minimum atomic E-state index is 0.606. The van der Waals surface area contributed by atoms with Crippen molar-refractivity contribution in [2.24, 2.45) is 0 Å². The molecule has 4 aromatic heterocycles. The van der Waals surface area contributed by atoms with Gasteiger partial charge in [0.2, 0.25) is 0 Å². The highest BCUT2D eigenvalue weighted by Crippen LogP contribution is 2.46. The van der Waals surface area contributed by atoms with E-state index in [1.54, 1.807) is 0 Å². The summed E-state index contributed by atoms with van der Waals surface area (Å²) in [5.41, 5.74) is 11.6.